The van der Waals surface area contributed by atoms with E-state index in [1.165, 1.54) is 6.21 Å². The molecule has 0 radical (unpaired) electrons. The van der Waals surface area contributed by atoms with Crippen LogP contribution in [0.3, 0.4) is 0 Å². The maximum Gasteiger partial charge on any atom is 0.203 e. The third-order valence-electron chi connectivity index (χ3n) is 2.00. The van der Waals surface area contributed by atoms with Gasteiger partial charge in [-0.15, -0.1) is 0 Å². The standard InChI is InChI=1S/C11H16N2O3/c1-4-16-11-9(14-2)5-8(7-13-12)6-10(11)15-3/h5-7H,4,12H2,1-3H3. The van der Waals surface area contributed by atoms with Crippen LogP contribution in [0.2, 0.25) is 0 Å². The van der Waals surface area contributed by atoms with Gasteiger partial charge in [0.1, 0.15) is 0 Å². The molecule has 0 aromatic heterocycles. The number of nitrogens with two attached hydrogens (primary N) is 1. The van der Waals surface area contributed by atoms with Crippen LogP contribution in [-0.2, 0) is 0 Å². The zero-order valence-corrected chi connectivity index (χ0v) is 9.69. The molecule has 1 aromatic carbocycles. The van der Waals surface area contributed by atoms with Crippen LogP contribution in [0.4, 0.5) is 0 Å². The van der Waals surface area contributed by atoms with Crippen molar-refractivity contribution in [3.8, 4) is 17.2 Å². The molecule has 1 aromatic rings. The molecule has 0 saturated heterocycles. The molecule has 0 heterocycles. The molecule has 5 nitrogen and oxygen atoms in total. The van der Waals surface area contributed by atoms with Crippen molar-refractivity contribution in [3.63, 3.8) is 0 Å². The summed E-state index contributed by atoms with van der Waals surface area (Å²) < 4.78 is 15.9. The number of hydrogen-bond acceptors (Lipinski definition) is 5. The van der Waals surface area contributed by atoms with Crippen molar-refractivity contribution in [1.29, 1.82) is 0 Å². The molecular formula is C11H16N2O3. The zero-order valence-electron chi connectivity index (χ0n) is 9.69. The van der Waals surface area contributed by atoms with Crippen LogP contribution in [0.25, 0.3) is 0 Å². The Bertz CT molecular complexity index is 352. The Morgan fingerprint density at radius 3 is 2.19 bits per heavy atom. The van der Waals surface area contributed by atoms with E-state index < -0.39 is 0 Å². The predicted molar refractivity (Wildman–Crippen MR) is 62.5 cm³/mol. The minimum atomic E-state index is 0.539. The Balaban J connectivity index is 3.24. The molecule has 0 unspecified atom stereocenters. The molecule has 5 heteroatoms. The van der Waals surface area contributed by atoms with Crippen molar-refractivity contribution >= 4 is 6.21 Å². The minimum absolute atomic E-state index is 0.539. The van der Waals surface area contributed by atoms with E-state index in [0.29, 0.717) is 23.9 Å². The number of methoxy groups -OCH3 is 2. The van der Waals surface area contributed by atoms with E-state index in [-0.39, 0.29) is 0 Å². The third kappa shape index (κ3) is 2.56. The molecular weight excluding hydrogens is 208 g/mol. The predicted octanol–water partition coefficient (Wildman–Crippen LogP) is 1.40. The second-order valence-corrected chi connectivity index (χ2v) is 2.97. The highest BCUT2D eigenvalue weighted by Gasteiger charge is 2.12. The van der Waals surface area contributed by atoms with Gasteiger partial charge in [-0.2, -0.15) is 5.10 Å². The Kier molecular flexibility index (Phi) is 4.44. The second-order valence-electron chi connectivity index (χ2n) is 2.97. The van der Waals surface area contributed by atoms with E-state index in [1.54, 1.807) is 26.4 Å². The van der Waals surface area contributed by atoms with Gasteiger partial charge in [0.15, 0.2) is 11.5 Å². The van der Waals surface area contributed by atoms with Crippen LogP contribution in [0.15, 0.2) is 17.2 Å². The SMILES string of the molecule is CCOc1c(OC)cc(C=NN)cc1OC. The summed E-state index contributed by atoms with van der Waals surface area (Å²) >= 11 is 0. The minimum Gasteiger partial charge on any atom is -0.493 e. The molecule has 0 spiro atoms. The van der Waals surface area contributed by atoms with Gasteiger partial charge < -0.3 is 20.1 Å². The van der Waals surface area contributed by atoms with Crippen molar-refractivity contribution in [3.05, 3.63) is 17.7 Å². The Morgan fingerprint density at radius 1 is 1.25 bits per heavy atom. The van der Waals surface area contributed by atoms with E-state index in [9.17, 15) is 0 Å². The van der Waals surface area contributed by atoms with Crippen molar-refractivity contribution in [2.24, 2.45) is 10.9 Å². The fraction of sp³-hybridized carbons (Fsp3) is 0.364. The number of rotatable bonds is 5. The first-order chi connectivity index (χ1) is 7.76. The fourth-order valence-electron chi connectivity index (χ4n) is 1.35. The topological polar surface area (TPSA) is 66.1 Å². The Hall–Kier alpha value is -1.91. The number of nitrogens with zero attached hydrogens (tertiary/aromatic N) is 1. The first-order valence-corrected chi connectivity index (χ1v) is 4.88. The lowest BCUT2D eigenvalue weighted by molar-refractivity contribution is 0.288. The van der Waals surface area contributed by atoms with E-state index in [1.807, 2.05) is 6.92 Å². The lowest BCUT2D eigenvalue weighted by Crippen LogP contribution is -2.00. The van der Waals surface area contributed by atoms with Gasteiger partial charge >= 0.3 is 0 Å². The van der Waals surface area contributed by atoms with Crippen LogP contribution in [-0.4, -0.2) is 27.0 Å². The first-order valence-electron chi connectivity index (χ1n) is 4.88. The molecule has 2 N–H and O–H groups in total. The summed E-state index contributed by atoms with van der Waals surface area (Å²) in [5, 5.41) is 3.46. The van der Waals surface area contributed by atoms with Crippen molar-refractivity contribution in [2.75, 3.05) is 20.8 Å². The molecule has 1 rings (SSSR count). The van der Waals surface area contributed by atoms with Crippen LogP contribution >= 0.6 is 0 Å². The Morgan fingerprint density at radius 2 is 1.81 bits per heavy atom. The van der Waals surface area contributed by atoms with Gasteiger partial charge in [0.25, 0.3) is 0 Å². The molecule has 0 saturated carbocycles. The van der Waals surface area contributed by atoms with Crippen LogP contribution in [0, 0.1) is 0 Å². The molecule has 0 bridgehead atoms. The number of ether oxygens (including phenoxy) is 3. The molecule has 0 amide bonds. The molecule has 16 heavy (non-hydrogen) atoms. The monoisotopic (exact) mass is 224 g/mol. The number of hydrazone groups is 1. The van der Waals surface area contributed by atoms with E-state index in [0.717, 1.165) is 5.56 Å². The normalized spacial score (nSPS) is 10.4. The number of benzene rings is 1. The van der Waals surface area contributed by atoms with Crippen LogP contribution in [0.1, 0.15) is 12.5 Å². The van der Waals surface area contributed by atoms with Crippen molar-refractivity contribution in [1.82, 2.24) is 0 Å². The summed E-state index contributed by atoms with van der Waals surface area (Å²) in [6, 6.07) is 3.56. The highest BCUT2D eigenvalue weighted by molar-refractivity contribution is 5.82. The molecule has 0 fully saturated rings. The van der Waals surface area contributed by atoms with E-state index in [4.69, 9.17) is 20.1 Å². The van der Waals surface area contributed by atoms with Gasteiger partial charge in [-0.25, -0.2) is 0 Å². The molecule has 0 aliphatic rings. The summed E-state index contributed by atoms with van der Waals surface area (Å²) in [6.45, 7) is 2.44. The molecule has 0 atom stereocenters. The van der Waals surface area contributed by atoms with Crippen LogP contribution in [0.5, 0.6) is 17.2 Å². The van der Waals surface area contributed by atoms with E-state index >= 15 is 0 Å². The zero-order chi connectivity index (χ0) is 12.0. The van der Waals surface area contributed by atoms with Gasteiger partial charge in [-0.3, -0.25) is 0 Å². The maximum absolute atomic E-state index is 5.46. The van der Waals surface area contributed by atoms with Gasteiger partial charge in [0.2, 0.25) is 5.75 Å². The second kappa shape index (κ2) is 5.85. The lowest BCUT2D eigenvalue weighted by atomic mass is 10.2. The third-order valence-corrected chi connectivity index (χ3v) is 2.00. The molecule has 0 aliphatic heterocycles. The molecule has 0 aliphatic carbocycles. The van der Waals surface area contributed by atoms with E-state index in [2.05, 4.69) is 5.10 Å². The summed E-state index contributed by atoms with van der Waals surface area (Å²) in [7, 11) is 3.14. The summed E-state index contributed by atoms with van der Waals surface area (Å²) in [4.78, 5) is 0. The van der Waals surface area contributed by atoms with Gasteiger partial charge in [-0.1, -0.05) is 0 Å². The summed E-state index contributed by atoms with van der Waals surface area (Å²) in [5.74, 6) is 6.87. The maximum atomic E-state index is 5.46. The highest BCUT2D eigenvalue weighted by atomic mass is 16.5. The average molecular weight is 224 g/mol. The summed E-state index contributed by atoms with van der Waals surface area (Å²) in [6.07, 6.45) is 1.51. The fourth-order valence-corrected chi connectivity index (χ4v) is 1.35. The highest BCUT2D eigenvalue weighted by Crippen LogP contribution is 2.38. The largest absolute Gasteiger partial charge is 0.493 e. The first kappa shape index (κ1) is 12.2. The van der Waals surface area contributed by atoms with Gasteiger partial charge in [0, 0.05) is 5.56 Å². The quantitative estimate of drug-likeness (QED) is 0.466. The van der Waals surface area contributed by atoms with Crippen molar-refractivity contribution < 1.29 is 14.2 Å². The summed E-state index contributed by atoms with van der Waals surface area (Å²) in [5.41, 5.74) is 0.791. The van der Waals surface area contributed by atoms with Gasteiger partial charge in [-0.05, 0) is 19.1 Å². The van der Waals surface area contributed by atoms with Crippen molar-refractivity contribution in [2.45, 2.75) is 6.92 Å². The lowest BCUT2D eigenvalue weighted by Gasteiger charge is -2.13. The van der Waals surface area contributed by atoms with Gasteiger partial charge in [0.05, 0.1) is 27.0 Å². The number of hydrogen-bond donors (Lipinski definition) is 1. The smallest absolute Gasteiger partial charge is 0.203 e. The van der Waals surface area contributed by atoms with Crippen LogP contribution < -0.4 is 20.1 Å². The average Bonchev–Trinajstić information content (AvgIpc) is 2.31. The molecule has 88 valence electrons. The Labute approximate surface area is 94.8 Å².